The van der Waals surface area contributed by atoms with Crippen molar-refractivity contribution in [1.82, 2.24) is 10.2 Å². The van der Waals surface area contributed by atoms with Gasteiger partial charge in [0.2, 0.25) is 0 Å². The van der Waals surface area contributed by atoms with E-state index in [1.807, 2.05) is 4.90 Å². The van der Waals surface area contributed by atoms with Crippen molar-refractivity contribution in [2.24, 2.45) is 0 Å². The minimum atomic E-state index is -0.537. The molecule has 1 saturated heterocycles. The molecule has 0 aliphatic carbocycles. The van der Waals surface area contributed by atoms with E-state index >= 15 is 0 Å². The van der Waals surface area contributed by atoms with Crippen molar-refractivity contribution in [1.29, 1.82) is 0 Å². The molecule has 1 aromatic rings. The van der Waals surface area contributed by atoms with Gasteiger partial charge in [0.1, 0.15) is 11.8 Å². The number of hydrogen-bond donors (Lipinski definition) is 1. The first-order valence-corrected chi connectivity index (χ1v) is 9.13. The normalized spacial score (nSPS) is 15.6. The molecule has 0 aromatic heterocycles. The molecule has 1 N–H and O–H groups in total. The smallest absolute Gasteiger partial charge is 0.324 e. The second-order valence-electron chi connectivity index (χ2n) is 6.08. The van der Waals surface area contributed by atoms with Crippen molar-refractivity contribution < 1.29 is 33.3 Å². The third kappa shape index (κ3) is 7.08. The van der Waals surface area contributed by atoms with Crippen LogP contribution in [0, 0.1) is 0 Å². The van der Waals surface area contributed by atoms with Crippen molar-refractivity contribution >= 4 is 11.9 Å². The van der Waals surface area contributed by atoms with E-state index in [-0.39, 0.29) is 25.2 Å². The minimum absolute atomic E-state index is 0.106. The van der Waals surface area contributed by atoms with Crippen LogP contribution in [0.15, 0.2) is 24.3 Å². The maximum Gasteiger partial charge on any atom is 0.324 e. The Bertz CT molecular complexity index is 603. The van der Waals surface area contributed by atoms with E-state index in [2.05, 4.69) is 5.32 Å². The van der Waals surface area contributed by atoms with Gasteiger partial charge in [0.25, 0.3) is 5.91 Å². The van der Waals surface area contributed by atoms with Gasteiger partial charge in [-0.3, -0.25) is 14.5 Å². The first-order chi connectivity index (χ1) is 13.7. The average molecular weight is 396 g/mol. The summed E-state index contributed by atoms with van der Waals surface area (Å²) in [6.07, 6.45) is 0. The van der Waals surface area contributed by atoms with Crippen molar-refractivity contribution in [2.75, 3.05) is 67.1 Å². The Balaban J connectivity index is 1.82. The van der Waals surface area contributed by atoms with Crippen LogP contribution in [0.2, 0.25) is 0 Å². The summed E-state index contributed by atoms with van der Waals surface area (Å²) in [5, 5.41) is 2.80. The molecule has 1 aliphatic rings. The number of carbonyl (C=O) groups is 2. The monoisotopic (exact) mass is 396 g/mol. The van der Waals surface area contributed by atoms with Crippen molar-refractivity contribution in [3.8, 4) is 5.75 Å². The Morgan fingerprint density at radius 2 is 1.86 bits per heavy atom. The molecular weight excluding hydrogens is 368 g/mol. The highest BCUT2D eigenvalue weighted by Gasteiger charge is 2.28. The van der Waals surface area contributed by atoms with E-state index in [1.54, 1.807) is 31.4 Å². The molecule has 0 radical (unpaired) electrons. The fraction of sp³-hybridized carbons (Fsp3) is 0.579. The van der Waals surface area contributed by atoms with Gasteiger partial charge in [0.05, 0.1) is 33.5 Å². The van der Waals surface area contributed by atoms with Gasteiger partial charge in [-0.15, -0.1) is 0 Å². The summed E-state index contributed by atoms with van der Waals surface area (Å²) in [6.45, 7) is 3.56. The largest absolute Gasteiger partial charge is 0.468 e. The molecule has 1 heterocycles. The molecule has 156 valence electrons. The minimum Gasteiger partial charge on any atom is -0.468 e. The second kappa shape index (κ2) is 12.3. The number of esters is 1. The third-order valence-corrected chi connectivity index (χ3v) is 4.27. The fourth-order valence-corrected chi connectivity index (χ4v) is 2.69. The van der Waals surface area contributed by atoms with Crippen LogP contribution in [0.4, 0.5) is 0 Å². The summed E-state index contributed by atoms with van der Waals surface area (Å²) >= 11 is 0. The summed E-state index contributed by atoms with van der Waals surface area (Å²) in [7, 11) is 2.94. The number of morpholine rings is 1. The zero-order chi connectivity index (χ0) is 20.2. The average Bonchev–Trinajstić information content (AvgIpc) is 2.74. The SMILES string of the molecule is COCCOCOc1ccc(C(=O)NC[C@@H](C(=O)OC)N2CCOCC2)cc1. The zero-order valence-corrected chi connectivity index (χ0v) is 16.3. The Labute approximate surface area is 164 Å². The van der Waals surface area contributed by atoms with Gasteiger partial charge in [0, 0.05) is 32.3 Å². The molecule has 1 atom stereocenters. The number of carbonyl (C=O) groups excluding carboxylic acids is 2. The highest BCUT2D eigenvalue weighted by molar-refractivity contribution is 5.94. The zero-order valence-electron chi connectivity index (χ0n) is 16.3. The molecule has 2 rings (SSSR count). The Kier molecular flexibility index (Phi) is 9.70. The number of benzene rings is 1. The van der Waals surface area contributed by atoms with E-state index in [9.17, 15) is 9.59 Å². The molecule has 0 unspecified atom stereocenters. The molecule has 1 amide bonds. The van der Waals surface area contributed by atoms with Gasteiger partial charge in [-0.1, -0.05) is 0 Å². The number of methoxy groups -OCH3 is 2. The molecule has 9 heteroatoms. The summed E-state index contributed by atoms with van der Waals surface area (Å²) in [6, 6.07) is 6.15. The summed E-state index contributed by atoms with van der Waals surface area (Å²) < 4.78 is 25.7. The van der Waals surface area contributed by atoms with E-state index in [0.29, 0.717) is 50.8 Å². The molecule has 1 aliphatic heterocycles. The number of nitrogens with one attached hydrogen (secondary N) is 1. The van der Waals surface area contributed by atoms with E-state index in [1.165, 1.54) is 7.11 Å². The van der Waals surface area contributed by atoms with E-state index in [4.69, 9.17) is 23.7 Å². The number of ether oxygens (including phenoxy) is 5. The molecule has 0 saturated carbocycles. The maximum absolute atomic E-state index is 12.4. The van der Waals surface area contributed by atoms with Crippen molar-refractivity contribution in [2.45, 2.75) is 6.04 Å². The molecule has 28 heavy (non-hydrogen) atoms. The van der Waals surface area contributed by atoms with E-state index in [0.717, 1.165) is 0 Å². The number of rotatable bonds is 11. The lowest BCUT2D eigenvalue weighted by Crippen LogP contribution is -2.52. The van der Waals surface area contributed by atoms with Gasteiger partial charge in [-0.25, -0.2) is 0 Å². The highest BCUT2D eigenvalue weighted by Crippen LogP contribution is 2.12. The molecule has 0 spiro atoms. The molecule has 1 aromatic carbocycles. The van der Waals surface area contributed by atoms with Gasteiger partial charge in [-0.2, -0.15) is 0 Å². The predicted octanol–water partition coefficient (Wildman–Crippen LogP) is 0.290. The Morgan fingerprint density at radius 1 is 1.14 bits per heavy atom. The first kappa shape index (κ1) is 22.1. The highest BCUT2D eigenvalue weighted by atomic mass is 16.7. The number of hydrogen-bond acceptors (Lipinski definition) is 8. The van der Waals surface area contributed by atoms with Crippen LogP contribution in [-0.4, -0.2) is 89.9 Å². The molecule has 1 fully saturated rings. The summed E-state index contributed by atoms with van der Waals surface area (Å²) in [4.78, 5) is 26.4. The van der Waals surface area contributed by atoms with Crippen LogP contribution >= 0.6 is 0 Å². The molecule has 0 bridgehead atoms. The van der Waals surface area contributed by atoms with Gasteiger partial charge >= 0.3 is 5.97 Å². The lowest BCUT2D eigenvalue weighted by Gasteiger charge is -2.32. The topological polar surface area (TPSA) is 95.6 Å². The molecular formula is C19H28N2O7. The van der Waals surface area contributed by atoms with Gasteiger partial charge in [-0.05, 0) is 24.3 Å². The fourth-order valence-electron chi connectivity index (χ4n) is 2.69. The van der Waals surface area contributed by atoms with Crippen LogP contribution in [-0.2, 0) is 23.7 Å². The number of nitrogens with zero attached hydrogens (tertiary/aromatic N) is 1. The quantitative estimate of drug-likeness (QED) is 0.324. The number of amides is 1. The van der Waals surface area contributed by atoms with E-state index < -0.39 is 6.04 Å². The summed E-state index contributed by atoms with van der Waals surface area (Å²) in [5.41, 5.74) is 0.471. The third-order valence-electron chi connectivity index (χ3n) is 4.27. The lowest BCUT2D eigenvalue weighted by molar-refractivity contribution is -0.148. The van der Waals surface area contributed by atoms with Crippen LogP contribution in [0.25, 0.3) is 0 Å². The van der Waals surface area contributed by atoms with Crippen LogP contribution in [0.3, 0.4) is 0 Å². The van der Waals surface area contributed by atoms with Gasteiger partial charge in [0.15, 0.2) is 6.79 Å². The first-order valence-electron chi connectivity index (χ1n) is 9.13. The molecule has 9 nitrogen and oxygen atoms in total. The Hall–Kier alpha value is -2.20. The summed E-state index contributed by atoms with van der Waals surface area (Å²) in [5.74, 6) is -0.0563. The van der Waals surface area contributed by atoms with Crippen LogP contribution in [0.1, 0.15) is 10.4 Å². The van der Waals surface area contributed by atoms with Crippen molar-refractivity contribution in [3.63, 3.8) is 0 Å². The second-order valence-corrected chi connectivity index (χ2v) is 6.08. The Morgan fingerprint density at radius 3 is 2.50 bits per heavy atom. The van der Waals surface area contributed by atoms with Crippen LogP contribution in [0.5, 0.6) is 5.75 Å². The lowest BCUT2D eigenvalue weighted by atomic mass is 10.2. The maximum atomic E-state index is 12.4. The van der Waals surface area contributed by atoms with Crippen LogP contribution < -0.4 is 10.1 Å². The van der Waals surface area contributed by atoms with Gasteiger partial charge < -0.3 is 29.0 Å². The van der Waals surface area contributed by atoms with Crippen molar-refractivity contribution in [3.05, 3.63) is 29.8 Å². The predicted molar refractivity (Wildman–Crippen MR) is 100 cm³/mol. The standard InChI is InChI=1S/C19H28N2O7/c1-24-11-12-27-14-28-16-5-3-15(4-6-16)18(22)20-13-17(19(23)25-2)21-7-9-26-10-8-21/h3-6,17H,7-14H2,1-2H3,(H,20,22)/t17-/m0/s1.